The number of rotatable bonds is 1. The van der Waals surface area contributed by atoms with Crippen LogP contribution in [0.25, 0.3) is 0 Å². The molecule has 2 N–H and O–H groups in total. The zero-order chi connectivity index (χ0) is 8.65. The topological polar surface area (TPSA) is 65.1 Å². The van der Waals surface area contributed by atoms with Crippen LogP contribution in [0.1, 0.15) is 0 Å². The maximum atomic E-state index is 11.0. The van der Waals surface area contributed by atoms with Gasteiger partial charge in [0, 0.05) is 19.5 Å². The molecular weight excluding hydrogens is 164 g/mol. The molecule has 0 bridgehead atoms. The van der Waals surface area contributed by atoms with Gasteiger partial charge < -0.3 is 10.3 Å². The molecule has 0 fully saturated rings. The highest BCUT2D eigenvalue weighted by molar-refractivity contribution is 7.90. The number of sulfone groups is 1. The van der Waals surface area contributed by atoms with Crippen LogP contribution < -0.4 is 5.73 Å². The normalized spacial score (nSPS) is 11.8. The van der Waals surface area contributed by atoms with Crippen molar-refractivity contribution < 1.29 is 8.42 Å². The van der Waals surface area contributed by atoms with Crippen LogP contribution in [-0.2, 0) is 16.9 Å². The molecule has 0 aromatic carbocycles. The first-order chi connectivity index (χ1) is 4.91. The second-order valence-corrected chi connectivity index (χ2v) is 4.46. The van der Waals surface area contributed by atoms with Crippen LogP contribution in [0.4, 0.5) is 5.69 Å². The number of nitrogens with zero attached hydrogens (tertiary/aromatic N) is 1. The number of hydrogen-bond acceptors (Lipinski definition) is 3. The molecule has 5 heteroatoms. The molecule has 0 radical (unpaired) electrons. The molecule has 0 atom stereocenters. The first-order valence-electron chi connectivity index (χ1n) is 3.03. The van der Waals surface area contributed by atoms with E-state index < -0.39 is 9.84 Å². The Hall–Kier alpha value is -0.970. The van der Waals surface area contributed by atoms with Gasteiger partial charge in [0.2, 0.25) is 0 Å². The molecule has 0 aliphatic rings. The summed E-state index contributed by atoms with van der Waals surface area (Å²) in [7, 11) is -1.48. The minimum Gasteiger partial charge on any atom is -0.397 e. The molecular formula is C6H10N2O2S. The van der Waals surface area contributed by atoms with Crippen LogP contribution in [0.3, 0.4) is 0 Å². The monoisotopic (exact) mass is 174 g/mol. The van der Waals surface area contributed by atoms with E-state index in [1.807, 2.05) is 0 Å². The standard InChI is InChI=1S/C6H10N2O2S/c1-8-4-5(7)3-6(8)11(2,9)10/h3-4H,7H2,1-2H3. The van der Waals surface area contributed by atoms with E-state index in [2.05, 4.69) is 0 Å². The van der Waals surface area contributed by atoms with Gasteiger partial charge >= 0.3 is 0 Å². The molecule has 0 amide bonds. The Bertz CT molecular complexity index is 364. The van der Waals surface area contributed by atoms with E-state index in [4.69, 9.17) is 5.73 Å². The smallest absolute Gasteiger partial charge is 0.191 e. The largest absolute Gasteiger partial charge is 0.397 e. The fourth-order valence-electron chi connectivity index (χ4n) is 0.937. The molecule has 0 aliphatic heterocycles. The van der Waals surface area contributed by atoms with E-state index in [0.717, 1.165) is 6.26 Å². The zero-order valence-electron chi connectivity index (χ0n) is 6.40. The number of nitrogens with two attached hydrogens (primary N) is 1. The summed E-state index contributed by atoms with van der Waals surface area (Å²) in [4.78, 5) is 0. The Labute approximate surface area is 65.5 Å². The Balaban J connectivity index is 3.36. The van der Waals surface area contributed by atoms with E-state index in [9.17, 15) is 8.42 Å². The maximum Gasteiger partial charge on any atom is 0.191 e. The Morgan fingerprint density at radius 2 is 2.09 bits per heavy atom. The lowest BCUT2D eigenvalue weighted by atomic mass is 10.6. The molecule has 1 aromatic heterocycles. The van der Waals surface area contributed by atoms with E-state index in [0.29, 0.717) is 5.69 Å². The van der Waals surface area contributed by atoms with E-state index in [1.54, 1.807) is 13.2 Å². The molecule has 0 unspecified atom stereocenters. The number of hydrogen-bond donors (Lipinski definition) is 1. The van der Waals surface area contributed by atoms with Crippen molar-refractivity contribution in [2.45, 2.75) is 5.03 Å². The van der Waals surface area contributed by atoms with E-state index >= 15 is 0 Å². The van der Waals surface area contributed by atoms with Gasteiger partial charge in [-0.2, -0.15) is 0 Å². The predicted octanol–water partition coefficient (Wildman–Crippen LogP) is 0.0108. The Morgan fingerprint density at radius 1 is 1.55 bits per heavy atom. The van der Waals surface area contributed by atoms with Crippen molar-refractivity contribution in [1.29, 1.82) is 0 Å². The van der Waals surface area contributed by atoms with E-state index in [-0.39, 0.29) is 5.03 Å². The minimum atomic E-state index is -3.13. The van der Waals surface area contributed by atoms with Crippen molar-refractivity contribution in [1.82, 2.24) is 4.57 Å². The molecule has 0 saturated carbocycles. The second kappa shape index (κ2) is 2.27. The van der Waals surface area contributed by atoms with Gasteiger partial charge in [0.05, 0.1) is 5.69 Å². The van der Waals surface area contributed by atoms with Gasteiger partial charge in [0.1, 0.15) is 5.03 Å². The molecule has 0 aliphatic carbocycles. The summed E-state index contributed by atoms with van der Waals surface area (Å²) in [6.07, 6.45) is 2.72. The van der Waals surface area contributed by atoms with Crippen LogP contribution in [-0.4, -0.2) is 19.2 Å². The van der Waals surface area contributed by atoms with Crippen LogP contribution in [0.2, 0.25) is 0 Å². The highest BCUT2D eigenvalue weighted by Gasteiger charge is 2.11. The van der Waals surface area contributed by atoms with Crippen molar-refractivity contribution in [3.8, 4) is 0 Å². The predicted molar refractivity (Wildman–Crippen MR) is 42.9 cm³/mol. The lowest BCUT2D eigenvalue weighted by Crippen LogP contribution is -2.02. The fourth-order valence-corrected chi connectivity index (χ4v) is 1.86. The lowest BCUT2D eigenvalue weighted by molar-refractivity contribution is 0.592. The second-order valence-electron chi connectivity index (χ2n) is 2.49. The number of anilines is 1. The summed E-state index contributed by atoms with van der Waals surface area (Å²) in [5.41, 5.74) is 5.86. The third kappa shape index (κ3) is 1.54. The van der Waals surface area contributed by atoms with Crippen LogP contribution >= 0.6 is 0 Å². The number of aryl methyl sites for hydroxylation is 1. The molecule has 0 saturated heterocycles. The lowest BCUT2D eigenvalue weighted by Gasteiger charge is -1.97. The van der Waals surface area contributed by atoms with E-state index in [1.165, 1.54) is 10.6 Å². The highest BCUT2D eigenvalue weighted by Crippen LogP contribution is 2.13. The average Bonchev–Trinajstić information content (AvgIpc) is 2.08. The summed E-state index contributed by atoms with van der Waals surface area (Å²) >= 11 is 0. The summed E-state index contributed by atoms with van der Waals surface area (Å²) in [5, 5.41) is 0.245. The van der Waals surface area contributed by atoms with Crippen molar-refractivity contribution in [2.75, 3.05) is 12.0 Å². The van der Waals surface area contributed by atoms with Gasteiger partial charge in [-0.05, 0) is 6.07 Å². The number of aromatic nitrogens is 1. The number of nitrogen functional groups attached to an aromatic ring is 1. The van der Waals surface area contributed by atoms with Gasteiger partial charge in [0.25, 0.3) is 0 Å². The van der Waals surface area contributed by atoms with Gasteiger partial charge in [0.15, 0.2) is 9.84 Å². The van der Waals surface area contributed by atoms with Gasteiger partial charge in [-0.25, -0.2) is 8.42 Å². The van der Waals surface area contributed by atoms with Crippen LogP contribution in [0.5, 0.6) is 0 Å². The van der Waals surface area contributed by atoms with Gasteiger partial charge in [-0.3, -0.25) is 0 Å². The zero-order valence-corrected chi connectivity index (χ0v) is 7.22. The molecule has 1 rings (SSSR count). The first kappa shape index (κ1) is 8.13. The molecule has 4 nitrogen and oxygen atoms in total. The molecule has 1 heterocycles. The SMILES string of the molecule is Cn1cc(N)cc1S(C)(=O)=O. The average molecular weight is 174 g/mol. The van der Waals surface area contributed by atoms with Crippen molar-refractivity contribution >= 4 is 15.5 Å². The molecule has 11 heavy (non-hydrogen) atoms. The summed E-state index contributed by atoms with van der Waals surface area (Å²) in [5.74, 6) is 0. The van der Waals surface area contributed by atoms with Crippen molar-refractivity contribution in [3.63, 3.8) is 0 Å². The summed E-state index contributed by atoms with van der Waals surface area (Å²) in [6, 6.07) is 1.44. The highest BCUT2D eigenvalue weighted by atomic mass is 32.2. The first-order valence-corrected chi connectivity index (χ1v) is 4.92. The Kier molecular flexibility index (Phi) is 1.67. The van der Waals surface area contributed by atoms with Crippen LogP contribution in [0.15, 0.2) is 17.3 Å². The third-order valence-corrected chi connectivity index (χ3v) is 2.53. The molecule has 1 aromatic rings. The molecule has 62 valence electrons. The molecule has 0 spiro atoms. The minimum absolute atomic E-state index is 0.245. The quantitative estimate of drug-likeness (QED) is 0.652. The van der Waals surface area contributed by atoms with Crippen LogP contribution in [0, 0.1) is 0 Å². The summed E-state index contributed by atoms with van der Waals surface area (Å²) < 4.78 is 23.5. The summed E-state index contributed by atoms with van der Waals surface area (Å²) in [6.45, 7) is 0. The Morgan fingerprint density at radius 3 is 2.27 bits per heavy atom. The van der Waals surface area contributed by atoms with Gasteiger partial charge in [-0.15, -0.1) is 0 Å². The van der Waals surface area contributed by atoms with Crippen molar-refractivity contribution in [2.24, 2.45) is 7.05 Å². The van der Waals surface area contributed by atoms with Gasteiger partial charge in [-0.1, -0.05) is 0 Å². The van der Waals surface area contributed by atoms with Crippen molar-refractivity contribution in [3.05, 3.63) is 12.3 Å². The third-order valence-electron chi connectivity index (χ3n) is 1.36. The fraction of sp³-hybridized carbons (Fsp3) is 0.333. The maximum absolute atomic E-state index is 11.0.